The monoisotopic (exact) mass is 272 g/mol. The van der Waals surface area contributed by atoms with E-state index in [-0.39, 0.29) is 10.0 Å². The van der Waals surface area contributed by atoms with Gasteiger partial charge in [-0.2, -0.15) is 0 Å². The Morgan fingerprint density at radius 3 is 2.43 bits per heavy atom. The normalized spacial score (nSPS) is 11.5. The van der Waals surface area contributed by atoms with Crippen LogP contribution in [0.1, 0.15) is 5.56 Å². The maximum absolute atomic E-state index is 12.2. The van der Waals surface area contributed by atoms with Crippen LogP contribution < -0.4 is 4.74 Å². The van der Waals surface area contributed by atoms with Crippen LogP contribution in [-0.4, -0.2) is 6.36 Å². The van der Waals surface area contributed by atoms with Crippen molar-refractivity contribution in [1.82, 2.24) is 0 Å². The largest absolute Gasteiger partial charge is 0.573 e. The molecule has 0 bridgehead atoms. The molecule has 1 nitrogen and oxygen atoms in total. The third-order valence-electron chi connectivity index (χ3n) is 1.41. The zero-order valence-corrected chi connectivity index (χ0v) is 8.32. The van der Waals surface area contributed by atoms with E-state index in [9.17, 15) is 17.6 Å². The van der Waals surface area contributed by atoms with E-state index >= 15 is 0 Å². The van der Waals surface area contributed by atoms with Crippen molar-refractivity contribution in [2.24, 2.45) is 0 Å². The van der Waals surface area contributed by atoms with Crippen LogP contribution in [-0.2, 0) is 6.67 Å². The van der Waals surface area contributed by atoms with Gasteiger partial charge in [0, 0.05) is 5.56 Å². The summed E-state index contributed by atoms with van der Waals surface area (Å²) in [6.07, 6.45) is -4.77. The van der Waals surface area contributed by atoms with Crippen LogP contribution in [0.3, 0.4) is 0 Å². The van der Waals surface area contributed by atoms with Crippen molar-refractivity contribution < 1.29 is 22.3 Å². The fraction of sp³-hybridized carbons (Fsp3) is 0.250. The second-order valence-corrected chi connectivity index (χ2v) is 3.20. The highest BCUT2D eigenvalue weighted by atomic mass is 79.9. The van der Waals surface area contributed by atoms with Crippen molar-refractivity contribution in [3.05, 3.63) is 28.2 Å². The van der Waals surface area contributed by atoms with E-state index in [4.69, 9.17) is 0 Å². The predicted molar refractivity (Wildman–Crippen MR) is 45.6 cm³/mol. The topological polar surface area (TPSA) is 9.23 Å². The van der Waals surface area contributed by atoms with Crippen molar-refractivity contribution >= 4 is 15.9 Å². The van der Waals surface area contributed by atoms with Crippen molar-refractivity contribution in [2.75, 3.05) is 0 Å². The lowest BCUT2D eigenvalue weighted by Crippen LogP contribution is -2.17. The average molecular weight is 273 g/mol. The van der Waals surface area contributed by atoms with Crippen LogP contribution >= 0.6 is 15.9 Å². The molecule has 0 unspecified atom stereocenters. The summed E-state index contributed by atoms with van der Waals surface area (Å²) in [7, 11) is 0. The molecule has 1 aromatic rings. The van der Waals surface area contributed by atoms with E-state index in [2.05, 4.69) is 20.7 Å². The summed E-state index contributed by atoms with van der Waals surface area (Å²) in [5.41, 5.74) is 0.117. The van der Waals surface area contributed by atoms with Gasteiger partial charge in [0.15, 0.2) is 0 Å². The van der Waals surface area contributed by atoms with E-state index in [0.717, 1.165) is 6.07 Å². The van der Waals surface area contributed by atoms with E-state index in [1.54, 1.807) is 0 Å². The Morgan fingerprint density at radius 1 is 1.29 bits per heavy atom. The van der Waals surface area contributed by atoms with E-state index in [1.807, 2.05) is 0 Å². The molecule has 0 amide bonds. The zero-order valence-electron chi connectivity index (χ0n) is 6.74. The van der Waals surface area contributed by atoms with Crippen molar-refractivity contribution in [3.8, 4) is 5.75 Å². The quantitative estimate of drug-likeness (QED) is 0.744. The Hall–Kier alpha value is -0.780. The van der Waals surface area contributed by atoms with Gasteiger partial charge in [0.2, 0.25) is 0 Å². The summed E-state index contributed by atoms with van der Waals surface area (Å²) in [6.45, 7) is -0.852. The van der Waals surface area contributed by atoms with Gasteiger partial charge in [0.05, 0.1) is 4.47 Å². The van der Waals surface area contributed by atoms with Gasteiger partial charge in [0.1, 0.15) is 12.4 Å². The van der Waals surface area contributed by atoms with E-state index in [1.165, 1.54) is 12.1 Å². The fourth-order valence-electron chi connectivity index (χ4n) is 0.863. The first-order chi connectivity index (χ1) is 6.44. The number of benzene rings is 1. The third kappa shape index (κ3) is 2.87. The lowest BCUT2D eigenvalue weighted by Gasteiger charge is -2.11. The Labute approximate surface area is 85.8 Å². The maximum Gasteiger partial charge on any atom is 0.573 e. The second kappa shape index (κ2) is 4.16. The third-order valence-corrected chi connectivity index (χ3v) is 2.31. The predicted octanol–water partition coefficient (Wildman–Crippen LogP) is 3.82. The molecule has 0 saturated heterocycles. The number of rotatable bonds is 2. The van der Waals surface area contributed by atoms with Gasteiger partial charge < -0.3 is 4.74 Å². The SMILES string of the molecule is FCc1cccc(OC(F)(F)F)c1Br. The Balaban J connectivity index is 2.98. The number of ether oxygens (including phenoxy) is 1. The van der Waals surface area contributed by atoms with Gasteiger partial charge in [-0.15, -0.1) is 13.2 Å². The summed E-state index contributed by atoms with van der Waals surface area (Å²) < 4.78 is 51.3. The van der Waals surface area contributed by atoms with Crippen LogP contribution in [0.25, 0.3) is 0 Å². The van der Waals surface area contributed by atoms with E-state index in [0.29, 0.717) is 0 Å². The Bertz CT molecular complexity index is 324. The average Bonchev–Trinajstić information content (AvgIpc) is 2.06. The molecule has 14 heavy (non-hydrogen) atoms. The molecule has 0 saturated carbocycles. The molecule has 0 heterocycles. The lowest BCUT2D eigenvalue weighted by molar-refractivity contribution is -0.274. The summed E-state index contributed by atoms with van der Waals surface area (Å²) in [5.74, 6) is -0.437. The van der Waals surface area contributed by atoms with Crippen LogP contribution in [0.4, 0.5) is 17.6 Å². The van der Waals surface area contributed by atoms with Gasteiger partial charge in [-0.05, 0) is 22.0 Å². The van der Waals surface area contributed by atoms with Crippen molar-refractivity contribution in [2.45, 2.75) is 13.0 Å². The molecule has 0 aliphatic rings. The van der Waals surface area contributed by atoms with Crippen LogP contribution in [0.15, 0.2) is 22.7 Å². The molecule has 78 valence electrons. The highest BCUT2D eigenvalue weighted by Crippen LogP contribution is 2.33. The molecular weight excluding hydrogens is 268 g/mol. The van der Waals surface area contributed by atoms with E-state index < -0.39 is 18.8 Å². The molecule has 0 aliphatic carbocycles. The molecule has 1 aromatic carbocycles. The van der Waals surface area contributed by atoms with Gasteiger partial charge in [0.25, 0.3) is 0 Å². The first-order valence-corrected chi connectivity index (χ1v) is 4.32. The van der Waals surface area contributed by atoms with Crippen LogP contribution in [0.2, 0.25) is 0 Å². The second-order valence-electron chi connectivity index (χ2n) is 2.41. The molecule has 0 N–H and O–H groups in total. The number of hydrogen-bond acceptors (Lipinski definition) is 1. The number of halogens is 5. The molecule has 0 radical (unpaired) electrons. The first kappa shape index (κ1) is 11.3. The molecular formula is C8H5BrF4O. The van der Waals surface area contributed by atoms with Crippen LogP contribution in [0, 0.1) is 0 Å². The molecule has 6 heteroatoms. The summed E-state index contributed by atoms with van der Waals surface area (Å²) in [6, 6.07) is 3.77. The number of hydrogen-bond donors (Lipinski definition) is 0. The van der Waals surface area contributed by atoms with Crippen molar-refractivity contribution in [1.29, 1.82) is 0 Å². The van der Waals surface area contributed by atoms with Crippen molar-refractivity contribution in [3.63, 3.8) is 0 Å². The van der Waals surface area contributed by atoms with Gasteiger partial charge in [-0.3, -0.25) is 0 Å². The standard InChI is InChI=1S/C8H5BrF4O/c9-7-5(4-10)2-1-3-6(7)14-8(11,12)13/h1-3H,4H2. The summed E-state index contributed by atoms with van der Waals surface area (Å²) >= 11 is 2.83. The molecule has 0 aromatic heterocycles. The van der Waals surface area contributed by atoms with Gasteiger partial charge >= 0.3 is 6.36 Å². The lowest BCUT2D eigenvalue weighted by atomic mass is 10.2. The molecule has 1 rings (SSSR count). The van der Waals surface area contributed by atoms with Gasteiger partial charge in [-0.1, -0.05) is 12.1 Å². The Kier molecular flexibility index (Phi) is 3.36. The van der Waals surface area contributed by atoms with Crippen LogP contribution in [0.5, 0.6) is 5.75 Å². The minimum absolute atomic E-state index is 0.0141. The molecule has 0 atom stereocenters. The summed E-state index contributed by atoms with van der Waals surface area (Å²) in [4.78, 5) is 0. The highest BCUT2D eigenvalue weighted by molar-refractivity contribution is 9.10. The Morgan fingerprint density at radius 2 is 1.93 bits per heavy atom. The molecule has 0 spiro atoms. The smallest absolute Gasteiger partial charge is 0.405 e. The minimum Gasteiger partial charge on any atom is -0.405 e. The highest BCUT2D eigenvalue weighted by Gasteiger charge is 2.32. The maximum atomic E-state index is 12.2. The first-order valence-electron chi connectivity index (χ1n) is 3.53. The molecule has 0 fully saturated rings. The fourth-order valence-corrected chi connectivity index (χ4v) is 1.31. The zero-order chi connectivity index (χ0) is 10.8. The van der Waals surface area contributed by atoms with Gasteiger partial charge in [-0.25, -0.2) is 4.39 Å². The molecule has 0 aliphatic heterocycles. The minimum atomic E-state index is -4.77. The number of alkyl halides is 4. The summed E-state index contributed by atoms with van der Waals surface area (Å²) in [5, 5.41) is 0.